The number of rotatable bonds is 5. The first-order chi connectivity index (χ1) is 13.8. The van der Waals surface area contributed by atoms with Gasteiger partial charge in [0.2, 0.25) is 0 Å². The number of nitrogens with one attached hydrogen (secondary N) is 2. The second-order valence-electron chi connectivity index (χ2n) is 6.69. The van der Waals surface area contributed by atoms with Gasteiger partial charge in [0.05, 0.1) is 18.8 Å². The van der Waals surface area contributed by atoms with Gasteiger partial charge < -0.3 is 19.9 Å². The number of aromatic amines is 1. The van der Waals surface area contributed by atoms with Crippen LogP contribution >= 0.6 is 0 Å². The summed E-state index contributed by atoms with van der Waals surface area (Å²) in [5.41, 5.74) is -0.118. The van der Waals surface area contributed by atoms with Gasteiger partial charge in [0, 0.05) is 30.3 Å². The molecule has 2 heterocycles. The predicted octanol–water partition coefficient (Wildman–Crippen LogP) is -0.290. The lowest BCUT2D eigenvalue weighted by molar-refractivity contribution is -0.0187. The fourth-order valence-corrected chi connectivity index (χ4v) is 3.04. The van der Waals surface area contributed by atoms with Crippen molar-refractivity contribution < 1.29 is 24.2 Å². The summed E-state index contributed by atoms with van der Waals surface area (Å²) >= 11 is 0. The molecule has 0 saturated carbocycles. The Bertz CT molecular complexity index is 1030. The van der Waals surface area contributed by atoms with Crippen molar-refractivity contribution in [3.05, 3.63) is 68.0 Å². The highest BCUT2D eigenvalue weighted by Crippen LogP contribution is 2.27. The van der Waals surface area contributed by atoms with E-state index in [0.717, 1.165) is 0 Å². The molecule has 0 radical (unpaired) electrons. The molecule has 2 aromatic rings. The Balaban J connectivity index is 1.62. The molecule has 1 saturated heterocycles. The average molecular weight is 403 g/mol. The molecule has 0 unspecified atom stereocenters. The summed E-state index contributed by atoms with van der Waals surface area (Å²) in [4.78, 5) is 49.4. The molecule has 0 aliphatic carbocycles. The maximum atomic E-state index is 12.3. The molecule has 1 aromatic carbocycles. The zero-order valence-electron chi connectivity index (χ0n) is 15.9. The minimum atomic E-state index is -0.902. The van der Waals surface area contributed by atoms with Crippen LogP contribution in [0.5, 0.6) is 0 Å². The molecule has 1 aromatic heterocycles. The summed E-state index contributed by atoms with van der Waals surface area (Å²) in [5.74, 6) is -0.907. The van der Waals surface area contributed by atoms with E-state index in [-0.39, 0.29) is 13.0 Å². The number of benzene rings is 1. The van der Waals surface area contributed by atoms with Gasteiger partial charge in [-0.1, -0.05) is 0 Å². The number of H-pyrrole nitrogens is 1. The van der Waals surface area contributed by atoms with Crippen molar-refractivity contribution in [2.24, 2.45) is 0 Å². The van der Waals surface area contributed by atoms with Crippen molar-refractivity contribution in [2.45, 2.75) is 31.8 Å². The summed E-state index contributed by atoms with van der Waals surface area (Å²) < 4.78 is 11.5. The quantitative estimate of drug-likeness (QED) is 0.583. The SMILES string of the molecule is COC(=O)c1ccc(C(=O)NC[C@H]2O[C@@H](n3cc(C)c(=O)[nH]c3=O)C[C@@H]2O)cc1. The van der Waals surface area contributed by atoms with Crippen LogP contribution < -0.4 is 16.6 Å². The molecule has 0 spiro atoms. The Hall–Kier alpha value is -3.24. The lowest BCUT2D eigenvalue weighted by Gasteiger charge is -2.17. The van der Waals surface area contributed by atoms with Crippen LogP contribution in [0.1, 0.15) is 38.9 Å². The summed E-state index contributed by atoms with van der Waals surface area (Å²) in [5, 5.41) is 12.9. The first-order valence-corrected chi connectivity index (χ1v) is 8.92. The molecular formula is C19H21N3O7. The summed E-state index contributed by atoms with van der Waals surface area (Å²) in [7, 11) is 1.27. The van der Waals surface area contributed by atoms with Crippen molar-refractivity contribution in [3.63, 3.8) is 0 Å². The van der Waals surface area contributed by atoms with Gasteiger partial charge in [0.25, 0.3) is 11.5 Å². The van der Waals surface area contributed by atoms with Crippen LogP contribution in [0.2, 0.25) is 0 Å². The topological polar surface area (TPSA) is 140 Å². The van der Waals surface area contributed by atoms with E-state index in [1.165, 1.54) is 42.1 Å². The fourth-order valence-electron chi connectivity index (χ4n) is 3.04. The van der Waals surface area contributed by atoms with E-state index in [1.54, 1.807) is 6.92 Å². The normalized spacial score (nSPS) is 21.0. The number of aromatic nitrogens is 2. The van der Waals surface area contributed by atoms with Crippen LogP contribution in [0.3, 0.4) is 0 Å². The van der Waals surface area contributed by atoms with E-state index in [4.69, 9.17) is 4.74 Å². The second kappa shape index (κ2) is 8.41. The summed E-state index contributed by atoms with van der Waals surface area (Å²) in [6.45, 7) is 1.58. The number of carbonyl (C=O) groups is 2. The first kappa shape index (κ1) is 20.5. The predicted molar refractivity (Wildman–Crippen MR) is 101 cm³/mol. The molecular weight excluding hydrogens is 382 g/mol. The third-order valence-electron chi connectivity index (χ3n) is 4.69. The van der Waals surface area contributed by atoms with Crippen LogP contribution in [0.4, 0.5) is 0 Å². The van der Waals surface area contributed by atoms with Crippen molar-refractivity contribution in [3.8, 4) is 0 Å². The molecule has 10 heteroatoms. The molecule has 29 heavy (non-hydrogen) atoms. The van der Waals surface area contributed by atoms with Gasteiger partial charge in [-0.3, -0.25) is 19.1 Å². The molecule has 154 valence electrons. The Morgan fingerprint density at radius 3 is 2.59 bits per heavy atom. The number of ether oxygens (including phenoxy) is 2. The van der Waals surface area contributed by atoms with Gasteiger partial charge in [0.15, 0.2) is 0 Å². The number of amides is 1. The number of hydrogen-bond donors (Lipinski definition) is 3. The molecule has 10 nitrogen and oxygen atoms in total. The van der Waals surface area contributed by atoms with Crippen molar-refractivity contribution in [2.75, 3.05) is 13.7 Å². The van der Waals surface area contributed by atoms with Gasteiger partial charge in [0.1, 0.15) is 12.3 Å². The van der Waals surface area contributed by atoms with Crippen molar-refractivity contribution in [1.82, 2.24) is 14.9 Å². The number of hydrogen-bond acceptors (Lipinski definition) is 7. The first-order valence-electron chi connectivity index (χ1n) is 8.92. The second-order valence-corrected chi connectivity index (χ2v) is 6.69. The van der Waals surface area contributed by atoms with E-state index in [1.807, 2.05) is 0 Å². The molecule has 1 amide bonds. The van der Waals surface area contributed by atoms with Gasteiger partial charge in [-0.25, -0.2) is 9.59 Å². The van der Waals surface area contributed by atoms with Crippen LogP contribution in [-0.4, -0.2) is 52.4 Å². The highest BCUT2D eigenvalue weighted by Gasteiger charge is 2.35. The van der Waals surface area contributed by atoms with Crippen molar-refractivity contribution >= 4 is 11.9 Å². The number of aliphatic hydroxyl groups is 1. The Morgan fingerprint density at radius 1 is 1.28 bits per heavy atom. The summed E-state index contributed by atoms with van der Waals surface area (Å²) in [6, 6.07) is 5.92. The zero-order chi connectivity index (χ0) is 21.1. The summed E-state index contributed by atoms with van der Waals surface area (Å²) in [6.07, 6.45) is -0.866. The van der Waals surface area contributed by atoms with Gasteiger partial charge in [-0.2, -0.15) is 0 Å². The number of nitrogens with zero attached hydrogens (tertiary/aromatic N) is 1. The Kier molecular flexibility index (Phi) is 5.95. The average Bonchev–Trinajstić information content (AvgIpc) is 3.08. The Labute approximate surface area is 165 Å². The third-order valence-corrected chi connectivity index (χ3v) is 4.69. The molecule has 3 N–H and O–H groups in total. The van der Waals surface area contributed by atoms with Crippen LogP contribution in [0.25, 0.3) is 0 Å². The smallest absolute Gasteiger partial charge is 0.337 e. The largest absolute Gasteiger partial charge is 0.465 e. The molecule has 1 aliphatic rings. The molecule has 1 fully saturated rings. The van der Waals surface area contributed by atoms with Gasteiger partial charge in [-0.15, -0.1) is 0 Å². The fraction of sp³-hybridized carbons (Fsp3) is 0.368. The van der Waals surface area contributed by atoms with E-state index in [9.17, 15) is 24.3 Å². The number of methoxy groups -OCH3 is 1. The maximum Gasteiger partial charge on any atom is 0.337 e. The third kappa shape index (κ3) is 4.44. The van der Waals surface area contributed by atoms with Crippen LogP contribution in [0, 0.1) is 6.92 Å². The minimum Gasteiger partial charge on any atom is -0.465 e. The van der Waals surface area contributed by atoms with E-state index in [0.29, 0.717) is 16.7 Å². The number of esters is 1. The highest BCUT2D eigenvalue weighted by molar-refractivity contribution is 5.96. The van der Waals surface area contributed by atoms with Crippen LogP contribution in [0.15, 0.2) is 40.1 Å². The molecule has 1 aliphatic heterocycles. The lowest BCUT2D eigenvalue weighted by Crippen LogP contribution is -2.37. The van der Waals surface area contributed by atoms with E-state index < -0.39 is 41.6 Å². The monoisotopic (exact) mass is 403 g/mol. The van der Waals surface area contributed by atoms with E-state index in [2.05, 4.69) is 15.0 Å². The highest BCUT2D eigenvalue weighted by atomic mass is 16.5. The van der Waals surface area contributed by atoms with Crippen molar-refractivity contribution in [1.29, 1.82) is 0 Å². The zero-order valence-corrected chi connectivity index (χ0v) is 15.9. The molecule has 0 bridgehead atoms. The minimum absolute atomic E-state index is 0.0202. The molecule has 3 rings (SSSR count). The Morgan fingerprint density at radius 2 is 1.93 bits per heavy atom. The van der Waals surface area contributed by atoms with E-state index >= 15 is 0 Å². The molecule has 3 atom stereocenters. The lowest BCUT2D eigenvalue weighted by atomic mass is 10.1. The standard InChI is InChI=1S/C19H21N3O7/c1-10-9-22(19(27)21-16(10)24)15-7-13(23)14(29-15)8-20-17(25)11-3-5-12(6-4-11)18(26)28-2/h3-6,9,13-15,23H,7-8H2,1-2H3,(H,20,25)(H,21,24,27)/t13-,14+,15+/m0/s1. The maximum absolute atomic E-state index is 12.3. The number of carbonyl (C=O) groups excluding carboxylic acids is 2. The number of aliphatic hydroxyl groups excluding tert-OH is 1. The van der Waals surface area contributed by atoms with Crippen LogP contribution in [-0.2, 0) is 9.47 Å². The van der Waals surface area contributed by atoms with Gasteiger partial charge >= 0.3 is 11.7 Å². The van der Waals surface area contributed by atoms with Gasteiger partial charge in [-0.05, 0) is 31.2 Å². The number of aryl methyl sites for hydroxylation is 1.